The summed E-state index contributed by atoms with van der Waals surface area (Å²) < 4.78 is 4.92. The molecule has 2 amide bonds. The van der Waals surface area contributed by atoms with E-state index in [0.29, 0.717) is 17.5 Å². The second-order valence-electron chi connectivity index (χ2n) is 6.76. The molecular weight excluding hydrogens is 332 g/mol. The SMILES string of the molecule is Cc1cc(NC(=O)CN(C)C(=O)[C@@]23CCCC[C@H]2CNC3)no1.Cl. The first-order valence-electron chi connectivity index (χ1n) is 8.21. The molecule has 134 valence electrons. The standard InChI is InChI=1S/C16H24N4O3.ClH/c1-11-7-13(19-23-11)18-14(21)9-20(2)15(22)16-6-4-3-5-12(16)8-17-10-16;/h7,12,17H,3-6,8-10H2,1-2H3,(H,18,19,21);1H/t12-,16+;/m0./s1. The molecule has 1 aliphatic heterocycles. The molecule has 1 aliphatic carbocycles. The van der Waals surface area contributed by atoms with Crippen molar-refractivity contribution in [2.45, 2.75) is 32.6 Å². The first-order valence-corrected chi connectivity index (χ1v) is 8.21. The first-order chi connectivity index (χ1) is 11.0. The topological polar surface area (TPSA) is 87.5 Å². The lowest BCUT2D eigenvalue weighted by Gasteiger charge is -2.39. The summed E-state index contributed by atoms with van der Waals surface area (Å²) in [5.74, 6) is 1.23. The number of rotatable bonds is 4. The van der Waals surface area contributed by atoms with Crippen LogP contribution < -0.4 is 10.6 Å². The lowest BCUT2D eigenvalue weighted by atomic mass is 9.67. The van der Waals surface area contributed by atoms with Gasteiger partial charge in [-0.25, -0.2) is 0 Å². The van der Waals surface area contributed by atoms with E-state index in [1.165, 1.54) is 6.42 Å². The Balaban J connectivity index is 0.00000208. The molecule has 2 heterocycles. The van der Waals surface area contributed by atoms with E-state index in [2.05, 4.69) is 15.8 Å². The summed E-state index contributed by atoms with van der Waals surface area (Å²) in [7, 11) is 1.70. The van der Waals surface area contributed by atoms with Crippen molar-refractivity contribution < 1.29 is 14.1 Å². The Kier molecular flexibility index (Phi) is 5.87. The molecule has 0 aromatic carbocycles. The third kappa shape index (κ3) is 3.57. The smallest absolute Gasteiger partial charge is 0.245 e. The normalized spacial score (nSPS) is 25.5. The highest BCUT2D eigenvalue weighted by atomic mass is 35.5. The van der Waals surface area contributed by atoms with E-state index < -0.39 is 0 Å². The number of halogens is 1. The van der Waals surface area contributed by atoms with E-state index in [0.717, 1.165) is 32.4 Å². The van der Waals surface area contributed by atoms with Gasteiger partial charge in [-0.15, -0.1) is 12.4 Å². The van der Waals surface area contributed by atoms with Crippen molar-refractivity contribution in [1.82, 2.24) is 15.4 Å². The Morgan fingerprint density at radius 3 is 3.00 bits per heavy atom. The second-order valence-corrected chi connectivity index (χ2v) is 6.76. The number of anilines is 1. The summed E-state index contributed by atoms with van der Waals surface area (Å²) in [4.78, 5) is 26.6. The molecule has 2 aliphatic rings. The Labute approximate surface area is 147 Å². The molecule has 1 aromatic heterocycles. The molecule has 3 rings (SSSR count). The van der Waals surface area contributed by atoms with Crippen molar-refractivity contribution >= 4 is 30.0 Å². The number of aryl methyl sites for hydroxylation is 1. The zero-order valence-electron chi connectivity index (χ0n) is 14.1. The van der Waals surface area contributed by atoms with Gasteiger partial charge in [0, 0.05) is 19.7 Å². The third-order valence-electron chi connectivity index (χ3n) is 5.09. The number of nitrogens with one attached hydrogen (secondary N) is 2. The Morgan fingerprint density at radius 2 is 2.29 bits per heavy atom. The predicted molar refractivity (Wildman–Crippen MR) is 92.0 cm³/mol. The van der Waals surface area contributed by atoms with Gasteiger partial charge in [0.05, 0.1) is 12.0 Å². The maximum atomic E-state index is 13.0. The van der Waals surface area contributed by atoms with E-state index in [-0.39, 0.29) is 36.2 Å². The fourth-order valence-electron chi connectivity index (χ4n) is 3.94. The highest BCUT2D eigenvalue weighted by Crippen LogP contribution is 2.44. The van der Waals surface area contributed by atoms with Crippen LogP contribution in [0.25, 0.3) is 0 Å². The number of hydrogen-bond acceptors (Lipinski definition) is 5. The summed E-state index contributed by atoms with van der Waals surface area (Å²) in [6, 6.07) is 1.65. The highest BCUT2D eigenvalue weighted by Gasteiger charge is 2.50. The summed E-state index contributed by atoms with van der Waals surface area (Å²) in [6.45, 7) is 3.42. The van der Waals surface area contributed by atoms with Crippen molar-refractivity contribution in [2.75, 3.05) is 32.0 Å². The maximum absolute atomic E-state index is 13.0. The molecule has 8 heteroatoms. The molecule has 0 unspecified atom stereocenters. The Hall–Kier alpha value is -1.60. The number of amides is 2. The largest absolute Gasteiger partial charge is 0.360 e. The highest BCUT2D eigenvalue weighted by molar-refractivity contribution is 5.94. The van der Waals surface area contributed by atoms with Gasteiger partial charge in [0.15, 0.2) is 5.82 Å². The number of carbonyl (C=O) groups excluding carboxylic acids is 2. The van der Waals surface area contributed by atoms with Gasteiger partial charge in [-0.05, 0) is 32.2 Å². The second kappa shape index (κ2) is 7.53. The van der Waals surface area contributed by atoms with Crippen LogP contribution in [0.4, 0.5) is 5.82 Å². The number of aromatic nitrogens is 1. The summed E-state index contributed by atoms with van der Waals surface area (Å²) in [5, 5.41) is 9.75. The van der Waals surface area contributed by atoms with E-state index in [1.54, 1.807) is 24.9 Å². The van der Waals surface area contributed by atoms with Gasteiger partial charge < -0.3 is 20.1 Å². The first kappa shape index (κ1) is 18.7. The van der Waals surface area contributed by atoms with Crippen LogP contribution in [0.15, 0.2) is 10.6 Å². The van der Waals surface area contributed by atoms with Gasteiger partial charge in [-0.2, -0.15) is 0 Å². The molecule has 0 spiro atoms. The quantitative estimate of drug-likeness (QED) is 0.855. The molecular formula is C16H25ClN4O3. The van der Waals surface area contributed by atoms with Crippen LogP contribution in [0.3, 0.4) is 0 Å². The zero-order valence-corrected chi connectivity index (χ0v) is 14.9. The van der Waals surface area contributed by atoms with Crippen molar-refractivity contribution in [3.8, 4) is 0 Å². The molecule has 2 N–H and O–H groups in total. The lowest BCUT2D eigenvalue weighted by molar-refractivity contribution is -0.145. The van der Waals surface area contributed by atoms with Crippen molar-refractivity contribution in [3.63, 3.8) is 0 Å². The number of carbonyl (C=O) groups is 2. The van der Waals surface area contributed by atoms with Crippen LogP contribution >= 0.6 is 12.4 Å². The summed E-state index contributed by atoms with van der Waals surface area (Å²) in [5.41, 5.74) is -0.322. The summed E-state index contributed by atoms with van der Waals surface area (Å²) >= 11 is 0. The number of likely N-dealkylation sites (N-methyl/N-ethyl adjacent to an activating group) is 1. The predicted octanol–water partition coefficient (Wildman–Crippen LogP) is 1.58. The van der Waals surface area contributed by atoms with Crippen molar-refractivity contribution in [3.05, 3.63) is 11.8 Å². The van der Waals surface area contributed by atoms with E-state index in [1.807, 2.05) is 0 Å². The Morgan fingerprint density at radius 1 is 1.50 bits per heavy atom. The van der Waals surface area contributed by atoms with Gasteiger partial charge in [0.1, 0.15) is 5.76 Å². The minimum absolute atomic E-state index is 0. The minimum Gasteiger partial charge on any atom is -0.360 e. The van der Waals surface area contributed by atoms with Crippen molar-refractivity contribution in [2.24, 2.45) is 11.3 Å². The Bertz CT molecular complexity index is 606. The molecule has 0 radical (unpaired) electrons. The van der Waals surface area contributed by atoms with Crippen molar-refractivity contribution in [1.29, 1.82) is 0 Å². The average Bonchev–Trinajstić information content (AvgIpc) is 3.13. The zero-order chi connectivity index (χ0) is 16.4. The van der Waals surface area contributed by atoms with Gasteiger partial charge >= 0.3 is 0 Å². The third-order valence-corrected chi connectivity index (χ3v) is 5.09. The van der Waals surface area contributed by atoms with Crippen LogP contribution in [0.2, 0.25) is 0 Å². The van der Waals surface area contributed by atoms with E-state index >= 15 is 0 Å². The average molecular weight is 357 g/mol. The molecule has 24 heavy (non-hydrogen) atoms. The van der Waals surface area contributed by atoms with Gasteiger partial charge in [-0.1, -0.05) is 18.0 Å². The van der Waals surface area contributed by atoms with E-state index in [4.69, 9.17) is 4.52 Å². The fourth-order valence-corrected chi connectivity index (χ4v) is 3.94. The molecule has 7 nitrogen and oxygen atoms in total. The molecule has 2 atom stereocenters. The summed E-state index contributed by atoms with van der Waals surface area (Å²) in [6.07, 6.45) is 4.29. The fraction of sp³-hybridized carbons (Fsp3) is 0.688. The molecule has 2 fully saturated rings. The minimum atomic E-state index is -0.322. The lowest BCUT2D eigenvalue weighted by Crippen LogP contribution is -2.50. The number of nitrogens with zero attached hydrogens (tertiary/aromatic N) is 2. The van der Waals surface area contributed by atoms with Crippen LogP contribution in [0, 0.1) is 18.3 Å². The van der Waals surface area contributed by atoms with Gasteiger partial charge in [0.25, 0.3) is 0 Å². The molecule has 1 saturated heterocycles. The van der Waals surface area contributed by atoms with Crippen LogP contribution in [-0.4, -0.2) is 48.6 Å². The molecule has 1 saturated carbocycles. The van der Waals surface area contributed by atoms with Crippen LogP contribution in [0.5, 0.6) is 0 Å². The monoisotopic (exact) mass is 356 g/mol. The molecule has 0 bridgehead atoms. The number of fused-ring (bicyclic) bond motifs is 1. The number of hydrogen-bond donors (Lipinski definition) is 2. The molecule has 1 aromatic rings. The van der Waals surface area contributed by atoms with E-state index in [9.17, 15) is 9.59 Å². The van der Waals surface area contributed by atoms with Gasteiger partial charge in [-0.3, -0.25) is 9.59 Å². The van der Waals surface area contributed by atoms with Crippen LogP contribution in [0.1, 0.15) is 31.4 Å². The maximum Gasteiger partial charge on any atom is 0.245 e. The van der Waals surface area contributed by atoms with Gasteiger partial charge in [0.2, 0.25) is 11.8 Å². The van der Waals surface area contributed by atoms with Crippen LogP contribution in [-0.2, 0) is 9.59 Å².